The second-order valence-electron chi connectivity index (χ2n) is 10.3. The number of hydrogen-bond acceptors (Lipinski definition) is 6. The third-order valence-electron chi connectivity index (χ3n) is 7.06. The first kappa shape index (κ1) is 27.6. The predicted molar refractivity (Wildman–Crippen MR) is 142 cm³/mol. The highest BCUT2D eigenvalue weighted by Crippen LogP contribution is 2.47. The lowest BCUT2D eigenvalue weighted by Crippen LogP contribution is -2.30. The SMILES string of the molecule is COC(=O)C[C@@H](O)c1cccc(OCc2ccc(-c3cc(OC)ccc3F)c(C3OCCCC3(C)C)c2)c1. The molecular weight excluding hydrogens is 487 g/mol. The summed E-state index contributed by atoms with van der Waals surface area (Å²) < 4.78 is 37.4. The summed E-state index contributed by atoms with van der Waals surface area (Å²) in [5, 5.41) is 10.4. The maximum Gasteiger partial charge on any atom is 0.308 e. The number of hydrogen-bond donors (Lipinski definition) is 1. The molecular formula is C31H35FO6. The van der Waals surface area contributed by atoms with Gasteiger partial charge in [0, 0.05) is 12.2 Å². The van der Waals surface area contributed by atoms with Crippen molar-refractivity contribution in [2.75, 3.05) is 20.8 Å². The van der Waals surface area contributed by atoms with Gasteiger partial charge in [-0.05, 0) is 76.9 Å². The monoisotopic (exact) mass is 522 g/mol. The number of carbonyl (C=O) groups excluding carboxylic acids is 1. The van der Waals surface area contributed by atoms with Crippen molar-refractivity contribution in [2.24, 2.45) is 5.41 Å². The lowest BCUT2D eigenvalue weighted by atomic mass is 9.75. The first-order valence-electron chi connectivity index (χ1n) is 12.8. The Morgan fingerprint density at radius 1 is 1.08 bits per heavy atom. The average Bonchev–Trinajstić information content (AvgIpc) is 2.92. The molecule has 1 aliphatic rings. The van der Waals surface area contributed by atoms with Gasteiger partial charge in [0.2, 0.25) is 0 Å². The van der Waals surface area contributed by atoms with Gasteiger partial charge in [0.25, 0.3) is 0 Å². The van der Waals surface area contributed by atoms with Gasteiger partial charge in [-0.15, -0.1) is 0 Å². The Morgan fingerprint density at radius 3 is 2.63 bits per heavy atom. The van der Waals surface area contributed by atoms with E-state index < -0.39 is 12.1 Å². The third-order valence-corrected chi connectivity index (χ3v) is 7.06. The van der Waals surface area contributed by atoms with E-state index in [4.69, 9.17) is 14.2 Å². The van der Waals surface area contributed by atoms with Gasteiger partial charge in [-0.3, -0.25) is 4.79 Å². The fourth-order valence-corrected chi connectivity index (χ4v) is 4.94. The summed E-state index contributed by atoms with van der Waals surface area (Å²) in [6.45, 7) is 5.26. The summed E-state index contributed by atoms with van der Waals surface area (Å²) in [4.78, 5) is 11.5. The van der Waals surface area contributed by atoms with E-state index in [2.05, 4.69) is 18.6 Å². The zero-order chi connectivity index (χ0) is 27.3. The first-order chi connectivity index (χ1) is 18.2. The van der Waals surface area contributed by atoms with Gasteiger partial charge < -0.3 is 24.1 Å². The second kappa shape index (κ2) is 12.0. The van der Waals surface area contributed by atoms with Crippen LogP contribution in [0.4, 0.5) is 4.39 Å². The van der Waals surface area contributed by atoms with E-state index in [1.54, 1.807) is 43.5 Å². The van der Waals surface area contributed by atoms with Crippen LogP contribution in [0.5, 0.6) is 11.5 Å². The minimum Gasteiger partial charge on any atom is -0.497 e. The Morgan fingerprint density at radius 2 is 1.89 bits per heavy atom. The van der Waals surface area contributed by atoms with Crippen molar-refractivity contribution in [1.82, 2.24) is 0 Å². The highest BCUT2D eigenvalue weighted by Gasteiger charge is 2.36. The van der Waals surface area contributed by atoms with Gasteiger partial charge in [0.05, 0.1) is 32.8 Å². The lowest BCUT2D eigenvalue weighted by Gasteiger charge is -2.39. The molecule has 1 aliphatic heterocycles. The maximum atomic E-state index is 15.0. The first-order valence-corrected chi connectivity index (χ1v) is 12.8. The van der Waals surface area contributed by atoms with Crippen LogP contribution in [0.3, 0.4) is 0 Å². The summed E-state index contributed by atoms with van der Waals surface area (Å²) in [7, 11) is 2.85. The smallest absolute Gasteiger partial charge is 0.308 e. The van der Waals surface area contributed by atoms with Crippen LogP contribution < -0.4 is 9.47 Å². The van der Waals surface area contributed by atoms with Crippen LogP contribution in [-0.2, 0) is 20.9 Å². The van der Waals surface area contributed by atoms with Gasteiger partial charge >= 0.3 is 5.97 Å². The molecule has 0 aliphatic carbocycles. The second-order valence-corrected chi connectivity index (χ2v) is 10.3. The van der Waals surface area contributed by atoms with Crippen molar-refractivity contribution in [2.45, 2.75) is 51.9 Å². The summed E-state index contributed by atoms with van der Waals surface area (Å²) in [5.74, 6) is 0.326. The van der Waals surface area contributed by atoms with E-state index in [-0.39, 0.29) is 30.4 Å². The molecule has 1 N–H and O–H groups in total. The average molecular weight is 523 g/mol. The molecule has 3 aromatic carbocycles. The lowest BCUT2D eigenvalue weighted by molar-refractivity contribution is -0.142. The topological polar surface area (TPSA) is 74.2 Å². The molecule has 7 heteroatoms. The van der Waals surface area contributed by atoms with Gasteiger partial charge in [-0.2, -0.15) is 0 Å². The van der Waals surface area contributed by atoms with Gasteiger partial charge in [0.1, 0.15) is 23.9 Å². The van der Waals surface area contributed by atoms with Crippen LogP contribution in [0.15, 0.2) is 60.7 Å². The van der Waals surface area contributed by atoms with Crippen LogP contribution in [0.25, 0.3) is 11.1 Å². The molecule has 0 amide bonds. The minimum atomic E-state index is -0.986. The Balaban J connectivity index is 1.64. The van der Waals surface area contributed by atoms with E-state index in [0.717, 1.165) is 29.5 Å². The number of methoxy groups -OCH3 is 2. The van der Waals surface area contributed by atoms with E-state index >= 15 is 4.39 Å². The van der Waals surface area contributed by atoms with Gasteiger partial charge in [-0.25, -0.2) is 4.39 Å². The Labute approximate surface area is 223 Å². The largest absolute Gasteiger partial charge is 0.497 e. The molecule has 1 fully saturated rings. The Kier molecular flexibility index (Phi) is 8.69. The predicted octanol–water partition coefficient (Wildman–Crippen LogP) is 6.55. The molecule has 0 bridgehead atoms. The number of halogens is 1. The van der Waals surface area contributed by atoms with Crippen LogP contribution in [0, 0.1) is 11.2 Å². The zero-order valence-corrected chi connectivity index (χ0v) is 22.3. The van der Waals surface area contributed by atoms with Crippen molar-refractivity contribution in [3.8, 4) is 22.6 Å². The quantitative estimate of drug-likeness (QED) is 0.321. The molecule has 38 heavy (non-hydrogen) atoms. The fourth-order valence-electron chi connectivity index (χ4n) is 4.94. The molecule has 0 radical (unpaired) electrons. The maximum absolute atomic E-state index is 15.0. The van der Waals surface area contributed by atoms with Gasteiger partial charge in [0.15, 0.2) is 0 Å². The Bertz CT molecular complexity index is 1270. The summed E-state index contributed by atoms with van der Waals surface area (Å²) in [6.07, 6.45) is 0.642. The highest BCUT2D eigenvalue weighted by atomic mass is 19.1. The molecule has 1 heterocycles. The van der Waals surface area contributed by atoms with Crippen molar-refractivity contribution >= 4 is 5.97 Å². The normalized spacial score (nSPS) is 17.5. The Hall–Kier alpha value is -3.42. The van der Waals surface area contributed by atoms with Crippen LogP contribution in [0.2, 0.25) is 0 Å². The van der Waals surface area contributed by atoms with E-state index in [0.29, 0.717) is 29.2 Å². The number of esters is 1. The molecule has 1 saturated heterocycles. The molecule has 3 aromatic rings. The van der Waals surface area contributed by atoms with Crippen LogP contribution in [-0.4, -0.2) is 31.9 Å². The number of rotatable bonds is 9. The molecule has 1 unspecified atom stereocenters. The zero-order valence-electron chi connectivity index (χ0n) is 22.3. The van der Waals surface area contributed by atoms with Crippen LogP contribution in [0.1, 0.15) is 62.0 Å². The van der Waals surface area contributed by atoms with Crippen molar-refractivity contribution < 1.29 is 33.2 Å². The number of aliphatic hydroxyl groups excluding tert-OH is 1. The summed E-state index contributed by atoms with van der Waals surface area (Å²) >= 11 is 0. The van der Waals surface area contributed by atoms with Crippen molar-refractivity contribution in [3.63, 3.8) is 0 Å². The molecule has 202 valence electrons. The van der Waals surface area contributed by atoms with E-state index in [1.807, 2.05) is 18.2 Å². The van der Waals surface area contributed by atoms with Gasteiger partial charge in [-0.1, -0.05) is 38.1 Å². The summed E-state index contributed by atoms with van der Waals surface area (Å²) in [6, 6.07) is 17.6. The van der Waals surface area contributed by atoms with Crippen molar-refractivity contribution in [1.29, 1.82) is 0 Å². The molecule has 6 nitrogen and oxygen atoms in total. The minimum absolute atomic E-state index is 0.133. The molecule has 4 rings (SSSR count). The molecule has 0 saturated carbocycles. The van der Waals surface area contributed by atoms with Crippen LogP contribution >= 0.6 is 0 Å². The standard InChI is InChI=1S/C31H35FO6/c1-31(2)13-6-14-37-30(31)26-15-20(9-11-24(26)25-17-22(35-3)10-12-27(25)32)19-38-23-8-5-7-21(16-23)28(33)18-29(34)36-4/h5,7-12,15-17,28,30,33H,6,13-14,18-19H2,1-4H3/t28-,30?/m1/s1. The number of carbonyl (C=O) groups is 1. The number of aliphatic hydroxyl groups is 1. The fraction of sp³-hybridized carbons (Fsp3) is 0.387. The molecule has 0 aromatic heterocycles. The molecule has 0 spiro atoms. The highest BCUT2D eigenvalue weighted by molar-refractivity contribution is 5.71. The number of ether oxygens (including phenoxy) is 4. The number of benzene rings is 3. The van der Waals surface area contributed by atoms with E-state index in [1.165, 1.54) is 13.2 Å². The van der Waals surface area contributed by atoms with E-state index in [9.17, 15) is 9.90 Å². The van der Waals surface area contributed by atoms with Crippen molar-refractivity contribution in [3.05, 3.63) is 83.2 Å². The molecule has 2 atom stereocenters. The summed E-state index contributed by atoms with van der Waals surface area (Å²) in [5.41, 5.74) is 3.46. The third kappa shape index (κ3) is 6.34.